The summed E-state index contributed by atoms with van der Waals surface area (Å²) in [6.07, 6.45) is 0.413. The molecule has 0 spiro atoms. The Morgan fingerprint density at radius 1 is 1.47 bits per heavy atom. The predicted octanol–water partition coefficient (Wildman–Crippen LogP) is 1.95. The van der Waals surface area contributed by atoms with Gasteiger partial charge in [-0.15, -0.1) is 0 Å². The number of hydrogen-bond donors (Lipinski definition) is 2. The van der Waals surface area contributed by atoms with Gasteiger partial charge in [0.15, 0.2) is 0 Å². The van der Waals surface area contributed by atoms with Crippen LogP contribution in [0.2, 0.25) is 0 Å². The third kappa shape index (κ3) is 2.59. The lowest BCUT2D eigenvalue weighted by Crippen LogP contribution is -2.45. The number of hydrogen-bond acceptors (Lipinski definition) is 3. The second-order valence-corrected chi connectivity index (χ2v) is 4.24. The average Bonchev–Trinajstić information content (AvgIpc) is 2.05. The fraction of sp³-hybridized carbons (Fsp3) is 0.400. The van der Waals surface area contributed by atoms with Crippen molar-refractivity contribution in [3.05, 3.63) is 18.3 Å². The second kappa shape index (κ2) is 3.76. The molecule has 0 radical (unpaired) electrons. The maximum absolute atomic E-state index is 11.1. The number of rotatable bonds is 1. The Morgan fingerprint density at radius 2 is 2.07 bits per heavy atom. The van der Waals surface area contributed by atoms with Crippen molar-refractivity contribution < 1.29 is 9.90 Å². The zero-order valence-corrected chi connectivity index (χ0v) is 9.06. The summed E-state index contributed by atoms with van der Waals surface area (Å²) >= 11 is 0. The minimum atomic E-state index is -1.03. The normalized spacial score (nSPS) is 11.1. The van der Waals surface area contributed by atoms with Crippen LogP contribution in [0.1, 0.15) is 20.8 Å². The summed E-state index contributed by atoms with van der Waals surface area (Å²) in [6, 6.07) is 3.22. The summed E-state index contributed by atoms with van der Waals surface area (Å²) in [5, 5.41) is 9.09. The molecule has 5 nitrogen and oxygen atoms in total. The molecule has 0 bridgehead atoms. The van der Waals surface area contributed by atoms with Crippen molar-refractivity contribution in [1.29, 1.82) is 0 Å². The van der Waals surface area contributed by atoms with E-state index in [9.17, 15) is 4.79 Å². The monoisotopic (exact) mass is 209 g/mol. The Morgan fingerprint density at radius 3 is 2.40 bits per heavy atom. The summed E-state index contributed by atoms with van der Waals surface area (Å²) in [5.41, 5.74) is 5.46. The minimum Gasteiger partial charge on any atom is -0.465 e. The van der Waals surface area contributed by atoms with Crippen LogP contribution in [0.25, 0.3) is 0 Å². The van der Waals surface area contributed by atoms with E-state index in [0.717, 1.165) is 0 Å². The Bertz CT molecular complexity index is 354. The van der Waals surface area contributed by atoms with Crippen molar-refractivity contribution in [3.8, 4) is 0 Å². The zero-order valence-electron chi connectivity index (χ0n) is 9.06. The number of anilines is 2. The summed E-state index contributed by atoms with van der Waals surface area (Å²) in [6.45, 7) is 5.41. The van der Waals surface area contributed by atoms with Crippen LogP contribution in [0.3, 0.4) is 0 Å². The molecule has 1 rings (SSSR count). The zero-order chi connectivity index (χ0) is 11.6. The fourth-order valence-electron chi connectivity index (χ4n) is 1.26. The molecule has 0 aromatic carbocycles. The molecule has 15 heavy (non-hydrogen) atoms. The lowest BCUT2D eigenvalue weighted by Gasteiger charge is -2.31. The SMILES string of the molecule is CC(C)(C)N(C(=O)O)c1ccc(N)cn1. The van der Waals surface area contributed by atoms with Crippen molar-refractivity contribution >= 4 is 17.6 Å². The molecule has 82 valence electrons. The number of carboxylic acid groups (broad SMARTS) is 1. The van der Waals surface area contributed by atoms with Crippen molar-refractivity contribution in [2.45, 2.75) is 26.3 Å². The van der Waals surface area contributed by atoms with Gasteiger partial charge in [-0.3, -0.25) is 4.90 Å². The quantitative estimate of drug-likeness (QED) is 0.740. The van der Waals surface area contributed by atoms with Crippen LogP contribution >= 0.6 is 0 Å². The number of carbonyl (C=O) groups is 1. The van der Waals surface area contributed by atoms with Gasteiger partial charge in [-0.2, -0.15) is 0 Å². The molecule has 0 fully saturated rings. The van der Waals surface area contributed by atoms with Gasteiger partial charge >= 0.3 is 6.09 Å². The molecular weight excluding hydrogens is 194 g/mol. The van der Waals surface area contributed by atoms with Gasteiger partial charge in [-0.05, 0) is 32.9 Å². The van der Waals surface area contributed by atoms with E-state index in [2.05, 4.69) is 4.98 Å². The van der Waals surface area contributed by atoms with Gasteiger partial charge in [0, 0.05) is 5.54 Å². The van der Waals surface area contributed by atoms with E-state index in [0.29, 0.717) is 11.5 Å². The number of nitrogens with two attached hydrogens (primary N) is 1. The van der Waals surface area contributed by atoms with Crippen molar-refractivity contribution in [3.63, 3.8) is 0 Å². The standard InChI is InChI=1S/C10H15N3O2/c1-10(2,3)13(9(14)15)8-5-4-7(11)6-12-8/h4-6H,11H2,1-3H3,(H,14,15). The molecular formula is C10H15N3O2. The molecule has 0 aliphatic rings. The Labute approximate surface area is 88.5 Å². The van der Waals surface area contributed by atoms with Gasteiger partial charge < -0.3 is 10.8 Å². The van der Waals surface area contributed by atoms with E-state index < -0.39 is 11.6 Å². The highest BCUT2D eigenvalue weighted by molar-refractivity contribution is 5.86. The topological polar surface area (TPSA) is 79.5 Å². The summed E-state index contributed by atoms with van der Waals surface area (Å²) in [5.74, 6) is 0.379. The molecule has 0 aliphatic carbocycles. The number of amides is 1. The van der Waals surface area contributed by atoms with Crippen LogP contribution in [0.4, 0.5) is 16.3 Å². The molecule has 0 unspecified atom stereocenters. The molecule has 5 heteroatoms. The van der Waals surface area contributed by atoms with Gasteiger partial charge in [-0.25, -0.2) is 9.78 Å². The summed E-state index contributed by atoms with van der Waals surface area (Å²) in [7, 11) is 0. The van der Waals surface area contributed by atoms with Gasteiger partial charge in [0.1, 0.15) is 5.82 Å². The number of aromatic nitrogens is 1. The summed E-state index contributed by atoms with van der Waals surface area (Å²) in [4.78, 5) is 16.3. The van der Waals surface area contributed by atoms with Crippen molar-refractivity contribution in [1.82, 2.24) is 4.98 Å². The number of nitrogens with zero attached hydrogens (tertiary/aromatic N) is 2. The highest BCUT2D eigenvalue weighted by atomic mass is 16.4. The molecule has 3 N–H and O–H groups in total. The van der Waals surface area contributed by atoms with Crippen LogP contribution in [-0.2, 0) is 0 Å². The number of nitrogen functional groups attached to an aromatic ring is 1. The molecule has 1 heterocycles. The second-order valence-electron chi connectivity index (χ2n) is 4.24. The third-order valence-electron chi connectivity index (χ3n) is 1.86. The minimum absolute atomic E-state index is 0.379. The van der Waals surface area contributed by atoms with E-state index >= 15 is 0 Å². The van der Waals surface area contributed by atoms with E-state index in [1.807, 2.05) is 0 Å². The first-order valence-electron chi connectivity index (χ1n) is 4.57. The van der Waals surface area contributed by atoms with Gasteiger partial charge in [0.25, 0.3) is 0 Å². The fourth-order valence-corrected chi connectivity index (χ4v) is 1.26. The predicted molar refractivity (Wildman–Crippen MR) is 58.9 cm³/mol. The van der Waals surface area contributed by atoms with Crippen LogP contribution in [0.15, 0.2) is 18.3 Å². The maximum atomic E-state index is 11.1. The van der Waals surface area contributed by atoms with Gasteiger partial charge in [0.2, 0.25) is 0 Å². The molecule has 1 amide bonds. The smallest absolute Gasteiger partial charge is 0.413 e. The van der Waals surface area contributed by atoms with Crippen molar-refractivity contribution in [2.24, 2.45) is 0 Å². The summed E-state index contributed by atoms with van der Waals surface area (Å²) < 4.78 is 0. The van der Waals surface area contributed by atoms with Crippen LogP contribution in [0, 0.1) is 0 Å². The molecule has 1 aromatic heterocycles. The maximum Gasteiger partial charge on any atom is 0.413 e. The first-order valence-corrected chi connectivity index (χ1v) is 4.57. The highest BCUT2D eigenvalue weighted by Gasteiger charge is 2.28. The molecule has 0 atom stereocenters. The van der Waals surface area contributed by atoms with Gasteiger partial charge in [-0.1, -0.05) is 0 Å². The molecule has 1 aromatic rings. The highest BCUT2D eigenvalue weighted by Crippen LogP contribution is 2.22. The Kier molecular flexibility index (Phi) is 2.83. The molecule has 0 saturated carbocycles. The van der Waals surface area contributed by atoms with E-state index in [1.54, 1.807) is 32.9 Å². The lowest BCUT2D eigenvalue weighted by molar-refractivity contribution is 0.195. The van der Waals surface area contributed by atoms with E-state index in [4.69, 9.17) is 10.8 Å². The van der Waals surface area contributed by atoms with Crippen LogP contribution in [0.5, 0.6) is 0 Å². The van der Waals surface area contributed by atoms with Crippen molar-refractivity contribution in [2.75, 3.05) is 10.6 Å². The first-order chi connectivity index (χ1) is 6.82. The largest absolute Gasteiger partial charge is 0.465 e. The van der Waals surface area contributed by atoms with E-state index in [1.165, 1.54) is 11.1 Å². The Balaban J connectivity index is 3.11. The lowest BCUT2D eigenvalue weighted by atomic mass is 10.1. The van der Waals surface area contributed by atoms with Crippen LogP contribution in [-0.4, -0.2) is 21.7 Å². The number of pyridine rings is 1. The van der Waals surface area contributed by atoms with E-state index in [-0.39, 0.29) is 0 Å². The van der Waals surface area contributed by atoms with Gasteiger partial charge in [0.05, 0.1) is 11.9 Å². The molecule has 0 saturated heterocycles. The first kappa shape index (κ1) is 11.3. The third-order valence-corrected chi connectivity index (χ3v) is 1.86. The van der Waals surface area contributed by atoms with Crippen LogP contribution < -0.4 is 10.6 Å². The molecule has 0 aliphatic heterocycles. The Hall–Kier alpha value is -1.78. The average molecular weight is 209 g/mol.